The van der Waals surface area contributed by atoms with Crippen LogP contribution in [0.25, 0.3) is 0 Å². The van der Waals surface area contributed by atoms with E-state index >= 15 is 0 Å². The number of aryl methyl sites for hydroxylation is 1. The van der Waals surface area contributed by atoms with Gasteiger partial charge in [-0.2, -0.15) is 0 Å². The van der Waals surface area contributed by atoms with Gasteiger partial charge in [-0.1, -0.05) is 45.0 Å². The molecule has 1 aliphatic rings. The van der Waals surface area contributed by atoms with Crippen LogP contribution in [0.15, 0.2) is 29.3 Å². The van der Waals surface area contributed by atoms with E-state index in [2.05, 4.69) is 57.0 Å². The van der Waals surface area contributed by atoms with Crippen LogP contribution in [0.5, 0.6) is 0 Å². The maximum atomic E-state index is 11.9. The van der Waals surface area contributed by atoms with Crippen molar-refractivity contribution < 1.29 is 4.79 Å². The predicted octanol–water partition coefficient (Wildman–Crippen LogP) is 2.90. The number of rotatable bonds is 6. The summed E-state index contributed by atoms with van der Waals surface area (Å²) in [7, 11) is 1.79. The van der Waals surface area contributed by atoms with Crippen molar-refractivity contribution in [1.29, 1.82) is 0 Å². The van der Waals surface area contributed by atoms with Gasteiger partial charge >= 0.3 is 0 Å². The lowest BCUT2D eigenvalue weighted by atomic mass is 9.96. The third-order valence-electron chi connectivity index (χ3n) is 5.19. The molecule has 0 radical (unpaired) electrons. The maximum Gasteiger partial charge on any atom is 0.225 e. The van der Waals surface area contributed by atoms with Crippen molar-refractivity contribution in [3.8, 4) is 0 Å². The molecule has 1 fully saturated rings. The van der Waals surface area contributed by atoms with Crippen LogP contribution >= 0.6 is 24.0 Å². The van der Waals surface area contributed by atoms with Gasteiger partial charge in [0.25, 0.3) is 0 Å². The summed E-state index contributed by atoms with van der Waals surface area (Å²) in [5.41, 5.74) is 2.43. The molecule has 1 saturated heterocycles. The zero-order valence-electron chi connectivity index (χ0n) is 18.5. The Balaban J connectivity index is 0.00000420. The number of halogens is 1. The highest BCUT2D eigenvalue weighted by Gasteiger charge is 2.21. The van der Waals surface area contributed by atoms with E-state index in [-0.39, 0.29) is 35.3 Å². The van der Waals surface area contributed by atoms with Gasteiger partial charge in [-0.25, -0.2) is 0 Å². The molecule has 0 aromatic heterocycles. The van der Waals surface area contributed by atoms with Crippen LogP contribution < -0.4 is 16.0 Å². The SMILES string of the molecule is CN=C(NCCNC(=O)C(C)(C)C)NC1CCN(Cc2ccccc2C)CC1.I. The molecular formula is C22H38IN5O. The average Bonchev–Trinajstić information content (AvgIpc) is 2.66. The number of hydrogen-bond donors (Lipinski definition) is 3. The number of carbonyl (C=O) groups excluding carboxylic acids is 1. The quantitative estimate of drug-likeness (QED) is 0.236. The van der Waals surface area contributed by atoms with Crippen LogP contribution in [0.1, 0.15) is 44.7 Å². The first-order chi connectivity index (χ1) is 13.3. The van der Waals surface area contributed by atoms with E-state index < -0.39 is 0 Å². The molecule has 0 saturated carbocycles. The molecule has 2 rings (SSSR count). The van der Waals surface area contributed by atoms with Gasteiger partial charge in [-0.05, 0) is 30.9 Å². The number of nitrogens with one attached hydrogen (secondary N) is 3. The van der Waals surface area contributed by atoms with E-state index in [1.165, 1.54) is 11.1 Å². The Kier molecular flexibility index (Phi) is 11.0. The molecule has 0 spiro atoms. The second-order valence-corrected chi connectivity index (χ2v) is 8.63. The second-order valence-electron chi connectivity index (χ2n) is 8.63. The molecule has 3 N–H and O–H groups in total. The van der Waals surface area contributed by atoms with E-state index in [0.29, 0.717) is 19.1 Å². The van der Waals surface area contributed by atoms with E-state index in [9.17, 15) is 4.79 Å². The summed E-state index contributed by atoms with van der Waals surface area (Å²) in [4.78, 5) is 18.7. The summed E-state index contributed by atoms with van der Waals surface area (Å²) < 4.78 is 0. The molecule has 1 amide bonds. The summed E-state index contributed by atoms with van der Waals surface area (Å²) in [6.45, 7) is 12.4. The van der Waals surface area contributed by atoms with Gasteiger partial charge in [0.05, 0.1) is 0 Å². The highest BCUT2D eigenvalue weighted by molar-refractivity contribution is 14.0. The zero-order chi connectivity index (χ0) is 20.6. The molecule has 0 atom stereocenters. The van der Waals surface area contributed by atoms with Crippen molar-refractivity contribution in [2.45, 2.75) is 53.1 Å². The summed E-state index contributed by atoms with van der Waals surface area (Å²) in [5.74, 6) is 0.876. The number of likely N-dealkylation sites (tertiary alicyclic amines) is 1. The van der Waals surface area contributed by atoms with Crippen LogP contribution in [0.4, 0.5) is 0 Å². The summed E-state index contributed by atoms with van der Waals surface area (Å²) in [6, 6.07) is 9.06. The fraction of sp³-hybridized carbons (Fsp3) is 0.636. The molecule has 6 nitrogen and oxygen atoms in total. The van der Waals surface area contributed by atoms with Crippen LogP contribution in [-0.4, -0.2) is 56.0 Å². The Labute approximate surface area is 193 Å². The molecule has 29 heavy (non-hydrogen) atoms. The van der Waals surface area contributed by atoms with Crippen LogP contribution in [0.2, 0.25) is 0 Å². The second kappa shape index (κ2) is 12.4. The number of piperidine rings is 1. The molecule has 1 aliphatic heterocycles. The molecule has 1 aromatic carbocycles. The van der Waals surface area contributed by atoms with Gasteiger partial charge in [0.15, 0.2) is 5.96 Å². The Bertz CT molecular complexity index is 663. The molecule has 0 unspecified atom stereocenters. The fourth-order valence-corrected chi connectivity index (χ4v) is 3.27. The van der Waals surface area contributed by atoms with Crippen molar-refractivity contribution in [3.63, 3.8) is 0 Å². The van der Waals surface area contributed by atoms with Crippen molar-refractivity contribution in [2.24, 2.45) is 10.4 Å². The standard InChI is InChI=1S/C22H37N5O.HI/c1-17-8-6-7-9-18(17)16-27-14-10-19(11-15-27)26-21(23-5)25-13-12-24-20(28)22(2,3)4;/h6-9,19H,10-16H2,1-5H3,(H,24,28)(H2,23,25,26);1H. The predicted molar refractivity (Wildman–Crippen MR) is 132 cm³/mol. The normalized spacial score (nSPS) is 16.1. The Morgan fingerprint density at radius 3 is 2.34 bits per heavy atom. The van der Waals surface area contributed by atoms with Gasteiger partial charge in [0.2, 0.25) is 5.91 Å². The molecule has 7 heteroatoms. The van der Waals surface area contributed by atoms with Gasteiger partial charge in [0, 0.05) is 51.2 Å². The Morgan fingerprint density at radius 1 is 1.14 bits per heavy atom. The lowest BCUT2D eigenvalue weighted by Gasteiger charge is -2.33. The largest absolute Gasteiger partial charge is 0.355 e. The molecule has 0 bridgehead atoms. The van der Waals surface area contributed by atoms with Gasteiger partial charge in [0.1, 0.15) is 0 Å². The summed E-state index contributed by atoms with van der Waals surface area (Å²) >= 11 is 0. The topological polar surface area (TPSA) is 68.8 Å². The maximum absolute atomic E-state index is 11.9. The van der Waals surface area contributed by atoms with Crippen LogP contribution in [0.3, 0.4) is 0 Å². The third kappa shape index (κ3) is 8.90. The lowest BCUT2D eigenvalue weighted by molar-refractivity contribution is -0.128. The molecule has 0 aliphatic carbocycles. The third-order valence-corrected chi connectivity index (χ3v) is 5.19. The number of amides is 1. The highest BCUT2D eigenvalue weighted by Crippen LogP contribution is 2.16. The molecule has 1 aromatic rings. The van der Waals surface area contributed by atoms with E-state index in [0.717, 1.165) is 38.4 Å². The number of aliphatic imine (C=N–C) groups is 1. The zero-order valence-corrected chi connectivity index (χ0v) is 20.9. The van der Waals surface area contributed by atoms with E-state index in [1.54, 1.807) is 7.05 Å². The van der Waals surface area contributed by atoms with Crippen molar-refractivity contribution in [2.75, 3.05) is 33.2 Å². The number of benzene rings is 1. The lowest BCUT2D eigenvalue weighted by Crippen LogP contribution is -2.50. The van der Waals surface area contributed by atoms with Gasteiger partial charge in [-0.15, -0.1) is 24.0 Å². The number of nitrogens with zero attached hydrogens (tertiary/aromatic N) is 2. The van der Waals surface area contributed by atoms with Crippen molar-refractivity contribution in [3.05, 3.63) is 35.4 Å². The number of hydrogen-bond acceptors (Lipinski definition) is 3. The minimum atomic E-state index is -0.355. The van der Waals surface area contributed by atoms with Crippen molar-refractivity contribution >= 4 is 35.8 Å². The van der Waals surface area contributed by atoms with Gasteiger partial charge in [-0.3, -0.25) is 14.7 Å². The first-order valence-electron chi connectivity index (χ1n) is 10.3. The summed E-state index contributed by atoms with van der Waals surface area (Å²) in [6.07, 6.45) is 2.21. The smallest absolute Gasteiger partial charge is 0.225 e. The van der Waals surface area contributed by atoms with E-state index in [4.69, 9.17) is 0 Å². The summed E-state index contributed by atoms with van der Waals surface area (Å²) in [5, 5.41) is 9.76. The average molecular weight is 515 g/mol. The van der Waals surface area contributed by atoms with E-state index in [1.807, 2.05) is 20.8 Å². The minimum absolute atomic E-state index is 0. The minimum Gasteiger partial charge on any atom is -0.355 e. The molecular weight excluding hydrogens is 477 g/mol. The van der Waals surface area contributed by atoms with Gasteiger partial charge < -0.3 is 16.0 Å². The van der Waals surface area contributed by atoms with Crippen LogP contribution in [0, 0.1) is 12.3 Å². The molecule has 1 heterocycles. The molecule has 164 valence electrons. The van der Waals surface area contributed by atoms with Crippen molar-refractivity contribution in [1.82, 2.24) is 20.9 Å². The fourth-order valence-electron chi connectivity index (χ4n) is 3.27. The van der Waals surface area contributed by atoms with Crippen LogP contribution in [-0.2, 0) is 11.3 Å². The first-order valence-corrected chi connectivity index (χ1v) is 10.3. The Morgan fingerprint density at radius 2 is 1.76 bits per heavy atom. The Hall–Kier alpha value is -1.35. The monoisotopic (exact) mass is 515 g/mol. The number of carbonyl (C=O) groups is 1. The number of guanidine groups is 1. The highest BCUT2D eigenvalue weighted by atomic mass is 127. The first kappa shape index (κ1) is 25.7.